The third kappa shape index (κ3) is 7.96. The van der Waals surface area contributed by atoms with E-state index in [0.717, 1.165) is 13.0 Å². The highest BCUT2D eigenvalue weighted by Crippen LogP contribution is 2.08. The molecule has 1 aromatic carbocycles. The Hall–Kier alpha value is -0.930. The summed E-state index contributed by atoms with van der Waals surface area (Å²) in [6.07, 6.45) is 4.67. The van der Waals surface area contributed by atoms with Crippen molar-refractivity contribution in [2.75, 3.05) is 13.2 Å². The van der Waals surface area contributed by atoms with Crippen molar-refractivity contribution in [3.63, 3.8) is 0 Å². The van der Waals surface area contributed by atoms with Gasteiger partial charge in [-0.3, -0.25) is 0 Å². The summed E-state index contributed by atoms with van der Waals surface area (Å²) in [5, 5.41) is 3.40. The van der Waals surface area contributed by atoms with Gasteiger partial charge in [-0.2, -0.15) is 0 Å². The second-order valence-corrected chi connectivity index (χ2v) is 5.17. The Bertz CT molecular complexity index is 341. The maximum Gasteiger partial charge on any atom is 0.128 e. The molecule has 0 aliphatic rings. The molecule has 108 valence electrons. The predicted octanol–water partition coefficient (Wildman–Crippen LogP) is 3.90. The summed E-state index contributed by atoms with van der Waals surface area (Å²) < 4.78 is 18.8. The van der Waals surface area contributed by atoms with Crippen molar-refractivity contribution in [1.82, 2.24) is 5.32 Å². The first-order chi connectivity index (χ1) is 9.20. The second-order valence-electron chi connectivity index (χ2n) is 5.17. The zero-order valence-electron chi connectivity index (χ0n) is 12.1. The van der Waals surface area contributed by atoms with Gasteiger partial charge in [0, 0.05) is 18.2 Å². The number of nitrogens with one attached hydrogen (secondary N) is 1. The Morgan fingerprint density at radius 3 is 2.58 bits per heavy atom. The van der Waals surface area contributed by atoms with Crippen molar-refractivity contribution in [3.05, 3.63) is 35.6 Å². The van der Waals surface area contributed by atoms with E-state index in [9.17, 15) is 4.39 Å². The Labute approximate surface area is 116 Å². The molecule has 0 aliphatic heterocycles. The van der Waals surface area contributed by atoms with Crippen LogP contribution in [0.15, 0.2) is 24.3 Å². The molecule has 0 atom stereocenters. The Kier molecular flexibility index (Phi) is 8.43. The topological polar surface area (TPSA) is 21.3 Å². The molecule has 0 fully saturated rings. The summed E-state index contributed by atoms with van der Waals surface area (Å²) in [6, 6.07) is 7.35. The van der Waals surface area contributed by atoms with Crippen molar-refractivity contribution < 1.29 is 9.13 Å². The fourth-order valence-electron chi connectivity index (χ4n) is 1.87. The highest BCUT2D eigenvalue weighted by atomic mass is 19.1. The maximum absolute atomic E-state index is 13.3. The van der Waals surface area contributed by atoms with Gasteiger partial charge in [0.05, 0.1) is 6.61 Å². The van der Waals surface area contributed by atoms with Gasteiger partial charge in [-0.25, -0.2) is 4.39 Å². The van der Waals surface area contributed by atoms with Crippen molar-refractivity contribution in [3.8, 4) is 0 Å². The molecule has 0 radical (unpaired) electrons. The summed E-state index contributed by atoms with van der Waals surface area (Å²) in [5.74, 6) is -0.178. The molecule has 0 spiro atoms. The standard InChI is InChI=1S/C16H26FNO/c1-14(2)18-11-7-3-4-8-12-19-13-15-9-5-6-10-16(15)17/h5-6,9-10,14,18H,3-4,7-8,11-13H2,1-2H3. The molecule has 3 heteroatoms. The number of hydrogen-bond acceptors (Lipinski definition) is 2. The summed E-state index contributed by atoms with van der Waals surface area (Å²) in [6.45, 7) is 6.51. The lowest BCUT2D eigenvalue weighted by molar-refractivity contribution is 0.114. The fourth-order valence-corrected chi connectivity index (χ4v) is 1.87. The van der Waals surface area contributed by atoms with Gasteiger partial charge in [-0.15, -0.1) is 0 Å². The third-order valence-electron chi connectivity index (χ3n) is 2.98. The number of unbranched alkanes of at least 4 members (excludes halogenated alkanes) is 3. The molecule has 19 heavy (non-hydrogen) atoms. The van der Waals surface area contributed by atoms with Gasteiger partial charge < -0.3 is 10.1 Å². The molecule has 1 aromatic rings. The second kappa shape index (κ2) is 9.93. The zero-order chi connectivity index (χ0) is 13.9. The van der Waals surface area contributed by atoms with Gasteiger partial charge >= 0.3 is 0 Å². The minimum Gasteiger partial charge on any atom is -0.377 e. The quantitative estimate of drug-likeness (QED) is 0.649. The van der Waals surface area contributed by atoms with Crippen LogP contribution in [0.1, 0.15) is 45.1 Å². The Morgan fingerprint density at radius 1 is 1.11 bits per heavy atom. The number of benzene rings is 1. The maximum atomic E-state index is 13.3. The molecule has 0 aromatic heterocycles. The molecule has 0 bridgehead atoms. The van der Waals surface area contributed by atoms with Crippen molar-refractivity contribution in [2.45, 2.75) is 52.2 Å². The van der Waals surface area contributed by atoms with Crippen LogP contribution >= 0.6 is 0 Å². The van der Waals surface area contributed by atoms with Gasteiger partial charge in [0.25, 0.3) is 0 Å². The van der Waals surface area contributed by atoms with E-state index in [2.05, 4.69) is 19.2 Å². The molecular weight excluding hydrogens is 241 g/mol. The molecule has 0 unspecified atom stereocenters. The van der Waals surface area contributed by atoms with E-state index in [-0.39, 0.29) is 5.82 Å². The molecule has 2 nitrogen and oxygen atoms in total. The van der Waals surface area contributed by atoms with E-state index in [1.807, 2.05) is 6.07 Å². The van der Waals surface area contributed by atoms with Gasteiger partial charge in [0.1, 0.15) is 5.82 Å². The van der Waals surface area contributed by atoms with E-state index < -0.39 is 0 Å². The summed E-state index contributed by atoms with van der Waals surface area (Å²) in [7, 11) is 0. The Balaban J connectivity index is 1.93. The largest absolute Gasteiger partial charge is 0.377 e. The summed E-state index contributed by atoms with van der Waals surface area (Å²) in [5.41, 5.74) is 0.642. The normalized spacial score (nSPS) is 11.2. The number of hydrogen-bond donors (Lipinski definition) is 1. The van der Waals surface area contributed by atoms with Crippen LogP contribution in [0.2, 0.25) is 0 Å². The van der Waals surface area contributed by atoms with Crippen molar-refractivity contribution >= 4 is 0 Å². The smallest absolute Gasteiger partial charge is 0.128 e. The van der Waals surface area contributed by atoms with E-state index in [4.69, 9.17) is 4.74 Å². The lowest BCUT2D eigenvalue weighted by atomic mass is 10.2. The molecule has 0 saturated heterocycles. The lowest BCUT2D eigenvalue weighted by Crippen LogP contribution is -2.23. The minimum atomic E-state index is -0.178. The molecular formula is C16H26FNO. The van der Waals surface area contributed by atoms with Crippen LogP contribution in [0.4, 0.5) is 4.39 Å². The molecule has 0 saturated carbocycles. The first-order valence-corrected chi connectivity index (χ1v) is 7.24. The molecule has 0 aliphatic carbocycles. The van der Waals surface area contributed by atoms with E-state index >= 15 is 0 Å². The molecule has 1 N–H and O–H groups in total. The third-order valence-corrected chi connectivity index (χ3v) is 2.98. The van der Waals surface area contributed by atoms with Gasteiger partial charge in [-0.05, 0) is 25.5 Å². The summed E-state index contributed by atoms with van der Waals surface area (Å²) in [4.78, 5) is 0. The zero-order valence-corrected chi connectivity index (χ0v) is 12.1. The van der Waals surface area contributed by atoms with E-state index in [0.29, 0.717) is 24.8 Å². The van der Waals surface area contributed by atoms with Crippen molar-refractivity contribution in [1.29, 1.82) is 0 Å². The van der Waals surface area contributed by atoms with Crippen LogP contribution in [0.5, 0.6) is 0 Å². The predicted molar refractivity (Wildman–Crippen MR) is 77.7 cm³/mol. The highest BCUT2D eigenvalue weighted by molar-refractivity contribution is 5.16. The van der Waals surface area contributed by atoms with Crippen LogP contribution in [0.3, 0.4) is 0 Å². The van der Waals surface area contributed by atoms with Crippen molar-refractivity contribution in [2.24, 2.45) is 0 Å². The average Bonchev–Trinajstić information content (AvgIpc) is 2.38. The molecule has 0 heterocycles. The van der Waals surface area contributed by atoms with Crippen LogP contribution in [-0.2, 0) is 11.3 Å². The first-order valence-electron chi connectivity index (χ1n) is 7.24. The number of rotatable bonds is 10. The lowest BCUT2D eigenvalue weighted by Gasteiger charge is -2.08. The summed E-state index contributed by atoms with van der Waals surface area (Å²) >= 11 is 0. The van der Waals surface area contributed by atoms with E-state index in [1.54, 1.807) is 12.1 Å². The number of halogens is 1. The number of ether oxygens (including phenoxy) is 1. The average molecular weight is 267 g/mol. The monoisotopic (exact) mass is 267 g/mol. The molecule has 0 amide bonds. The Morgan fingerprint density at radius 2 is 1.84 bits per heavy atom. The fraction of sp³-hybridized carbons (Fsp3) is 0.625. The van der Waals surface area contributed by atoms with Gasteiger partial charge in [-0.1, -0.05) is 44.9 Å². The SMILES string of the molecule is CC(C)NCCCCCCOCc1ccccc1F. The molecule has 1 rings (SSSR count). The van der Waals surface area contributed by atoms with Crippen LogP contribution in [0, 0.1) is 5.82 Å². The highest BCUT2D eigenvalue weighted by Gasteiger charge is 2.00. The first kappa shape index (κ1) is 16.1. The minimum absolute atomic E-state index is 0.178. The van der Waals surface area contributed by atoms with Crippen LogP contribution in [0.25, 0.3) is 0 Å². The van der Waals surface area contributed by atoms with Gasteiger partial charge in [0.2, 0.25) is 0 Å². The van der Waals surface area contributed by atoms with Crippen LogP contribution < -0.4 is 5.32 Å². The van der Waals surface area contributed by atoms with Crippen LogP contribution in [-0.4, -0.2) is 19.2 Å². The van der Waals surface area contributed by atoms with Gasteiger partial charge in [0.15, 0.2) is 0 Å². The van der Waals surface area contributed by atoms with E-state index in [1.165, 1.54) is 25.3 Å².